The lowest BCUT2D eigenvalue weighted by Gasteiger charge is -2.36. The number of ether oxygens (including phenoxy) is 1. The molecule has 1 unspecified atom stereocenters. The summed E-state index contributed by atoms with van der Waals surface area (Å²) in [6, 6.07) is 5.23. The number of nitrogens with one attached hydrogen (secondary N) is 1. The molecule has 1 aromatic rings. The van der Waals surface area contributed by atoms with Crippen molar-refractivity contribution in [2.45, 2.75) is 12.5 Å². The Bertz CT molecular complexity index is 475. The lowest BCUT2D eigenvalue weighted by Crippen LogP contribution is -2.56. The molecule has 1 fully saturated rings. The maximum Gasteiger partial charge on any atom is 0.308 e. The zero-order valence-electron chi connectivity index (χ0n) is 10.6. The number of anilines is 1. The van der Waals surface area contributed by atoms with Crippen LogP contribution in [0, 0.1) is 5.82 Å². The topological polar surface area (TPSA) is 58.6 Å². The Kier molecular flexibility index (Phi) is 3.99. The third kappa shape index (κ3) is 3.01. The van der Waals surface area contributed by atoms with Crippen molar-refractivity contribution in [2.75, 3.05) is 25.1 Å². The van der Waals surface area contributed by atoms with E-state index in [0.717, 1.165) is 0 Å². The lowest BCUT2D eigenvalue weighted by molar-refractivity contribution is -0.143. The molecule has 0 saturated carbocycles. The summed E-state index contributed by atoms with van der Waals surface area (Å²) in [6.07, 6.45) is -0.0281. The van der Waals surface area contributed by atoms with Gasteiger partial charge < -0.3 is 15.0 Å². The largest absolute Gasteiger partial charge is 0.469 e. The van der Waals surface area contributed by atoms with Crippen molar-refractivity contribution in [3.05, 3.63) is 30.1 Å². The quantitative estimate of drug-likeness (QED) is 0.818. The number of carbonyl (C=O) groups is 2. The molecule has 0 radical (unpaired) electrons. The third-order valence-electron chi connectivity index (χ3n) is 3.08. The molecule has 102 valence electrons. The van der Waals surface area contributed by atoms with E-state index in [4.69, 9.17) is 0 Å². The van der Waals surface area contributed by atoms with E-state index < -0.39 is 12.0 Å². The molecule has 1 aliphatic rings. The molecule has 0 bridgehead atoms. The normalized spacial score (nSPS) is 18.9. The molecule has 1 atom stereocenters. The molecule has 0 aromatic heterocycles. The van der Waals surface area contributed by atoms with Gasteiger partial charge in [0.05, 0.1) is 13.5 Å². The zero-order valence-corrected chi connectivity index (χ0v) is 10.6. The highest BCUT2D eigenvalue weighted by atomic mass is 19.1. The van der Waals surface area contributed by atoms with Crippen LogP contribution in [-0.4, -0.2) is 38.1 Å². The van der Waals surface area contributed by atoms with Gasteiger partial charge in [0.15, 0.2) is 0 Å². The van der Waals surface area contributed by atoms with Gasteiger partial charge in [0, 0.05) is 18.8 Å². The van der Waals surface area contributed by atoms with E-state index in [1.807, 2.05) is 0 Å². The summed E-state index contributed by atoms with van der Waals surface area (Å²) in [6.45, 7) is 1.06. The Morgan fingerprint density at radius 1 is 1.47 bits per heavy atom. The number of nitrogens with zero attached hydrogens (tertiary/aromatic N) is 1. The molecule has 0 aliphatic carbocycles. The molecule has 0 spiro atoms. The fourth-order valence-electron chi connectivity index (χ4n) is 2.10. The van der Waals surface area contributed by atoms with Gasteiger partial charge in [-0.15, -0.1) is 0 Å². The highest BCUT2D eigenvalue weighted by Crippen LogP contribution is 2.21. The molecule has 1 saturated heterocycles. The van der Waals surface area contributed by atoms with Crippen LogP contribution in [0.5, 0.6) is 0 Å². The van der Waals surface area contributed by atoms with Gasteiger partial charge >= 0.3 is 5.97 Å². The number of benzene rings is 1. The number of esters is 1. The van der Waals surface area contributed by atoms with Crippen LogP contribution in [0.3, 0.4) is 0 Å². The number of rotatable bonds is 3. The molecule has 1 aromatic carbocycles. The Morgan fingerprint density at radius 3 is 2.79 bits per heavy atom. The maximum atomic E-state index is 12.9. The average Bonchev–Trinajstić information content (AvgIpc) is 2.42. The van der Waals surface area contributed by atoms with E-state index in [1.165, 1.54) is 19.2 Å². The van der Waals surface area contributed by atoms with Gasteiger partial charge in [0.25, 0.3) is 0 Å². The number of amides is 1. The highest BCUT2D eigenvalue weighted by molar-refractivity contribution is 5.90. The van der Waals surface area contributed by atoms with Crippen LogP contribution < -0.4 is 10.2 Å². The molecule has 1 aliphatic heterocycles. The van der Waals surface area contributed by atoms with Crippen molar-refractivity contribution >= 4 is 17.6 Å². The second-order valence-electron chi connectivity index (χ2n) is 4.26. The Hall–Kier alpha value is -2.11. The summed E-state index contributed by atoms with van der Waals surface area (Å²) < 4.78 is 17.5. The van der Waals surface area contributed by atoms with Gasteiger partial charge in [0.1, 0.15) is 11.9 Å². The van der Waals surface area contributed by atoms with Crippen molar-refractivity contribution in [1.29, 1.82) is 0 Å². The fourth-order valence-corrected chi connectivity index (χ4v) is 2.10. The van der Waals surface area contributed by atoms with E-state index in [2.05, 4.69) is 10.1 Å². The van der Waals surface area contributed by atoms with Gasteiger partial charge in [-0.2, -0.15) is 0 Å². The zero-order chi connectivity index (χ0) is 13.8. The monoisotopic (exact) mass is 266 g/mol. The SMILES string of the molecule is COC(=O)CC1C(=O)NCCN1c1ccc(F)cc1. The van der Waals surface area contributed by atoms with Gasteiger partial charge in [-0.05, 0) is 24.3 Å². The smallest absolute Gasteiger partial charge is 0.308 e. The third-order valence-corrected chi connectivity index (χ3v) is 3.08. The first-order chi connectivity index (χ1) is 9.11. The second-order valence-corrected chi connectivity index (χ2v) is 4.26. The van der Waals surface area contributed by atoms with E-state index in [9.17, 15) is 14.0 Å². The minimum absolute atomic E-state index is 0.0281. The van der Waals surface area contributed by atoms with Crippen LogP contribution in [-0.2, 0) is 14.3 Å². The number of carbonyl (C=O) groups excluding carboxylic acids is 2. The van der Waals surface area contributed by atoms with E-state index >= 15 is 0 Å². The van der Waals surface area contributed by atoms with Crippen LogP contribution in [0.1, 0.15) is 6.42 Å². The number of hydrogen-bond donors (Lipinski definition) is 1. The summed E-state index contributed by atoms with van der Waals surface area (Å²) in [5.74, 6) is -1.01. The van der Waals surface area contributed by atoms with Crippen LogP contribution in [0.25, 0.3) is 0 Å². The predicted octanol–water partition coefficient (Wildman–Crippen LogP) is 0.694. The van der Waals surface area contributed by atoms with Gasteiger partial charge in [0.2, 0.25) is 5.91 Å². The van der Waals surface area contributed by atoms with E-state index in [0.29, 0.717) is 18.8 Å². The van der Waals surface area contributed by atoms with Crippen LogP contribution in [0.15, 0.2) is 24.3 Å². The van der Waals surface area contributed by atoms with Crippen LogP contribution in [0.2, 0.25) is 0 Å². The summed E-state index contributed by atoms with van der Waals surface area (Å²) >= 11 is 0. The van der Waals surface area contributed by atoms with Crippen LogP contribution in [0.4, 0.5) is 10.1 Å². The first kappa shape index (κ1) is 13.3. The Morgan fingerprint density at radius 2 is 2.16 bits per heavy atom. The molecule has 6 heteroatoms. The van der Waals surface area contributed by atoms with Gasteiger partial charge in [-0.25, -0.2) is 4.39 Å². The van der Waals surface area contributed by atoms with E-state index in [-0.39, 0.29) is 18.1 Å². The van der Waals surface area contributed by atoms with Crippen molar-refractivity contribution in [1.82, 2.24) is 5.32 Å². The first-order valence-corrected chi connectivity index (χ1v) is 5.98. The van der Waals surface area contributed by atoms with E-state index in [1.54, 1.807) is 17.0 Å². The molecule has 1 N–H and O–H groups in total. The summed E-state index contributed by atoms with van der Waals surface area (Å²) in [7, 11) is 1.28. The number of methoxy groups -OCH3 is 1. The van der Waals surface area contributed by atoms with Crippen molar-refractivity contribution in [2.24, 2.45) is 0 Å². The second kappa shape index (κ2) is 5.69. The summed E-state index contributed by atoms with van der Waals surface area (Å²) in [5.41, 5.74) is 0.713. The van der Waals surface area contributed by atoms with Crippen LogP contribution >= 0.6 is 0 Å². The van der Waals surface area contributed by atoms with Crippen molar-refractivity contribution in [3.8, 4) is 0 Å². The number of hydrogen-bond acceptors (Lipinski definition) is 4. The lowest BCUT2D eigenvalue weighted by atomic mass is 10.1. The minimum atomic E-state index is -0.619. The van der Waals surface area contributed by atoms with Crippen molar-refractivity contribution < 1.29 is 18.7 Å². The summed E-state index contributed by atoms with van der Waals surface area (Å²) in [4.78, 5) is 25.0. The molecule has 5 nitrogen and oxygen atoms in total. The molecule has 19 heavy (non-hydrogen) atoms. The minimum Gasteiger partial charge on any atom is -0.469 e. The number of piperazine rings is 1. The standard InChI is InChI=1S/C13H15FN2O3/c1-19-12(17)8-11-13(18)15-6-7-16(11)10-4-2-9(14)3-5-10/h2-5,11H,6-8H2,1H3,(H,15,18). The Labute approximate surface area is 110 Å². The van der Waals surface area contributed by atoms with Gasteiger partial charge in [-0.3, -0.25) is 9.59 Å². The van der Waals surface area contributed by atoms with Crippen molar-refractivity contribution in [3.63, 3.8) is 0 Å². The Balaban J connectivity index is 2.21. The molecule has 1 amide bonds. The number of halogens is 1. The maximum absolute atomic E-state index is 12.9. The summed E-state index contributed by atoms with van der Waals surface area (Å²) in [5, 5.41) is 2.71. The fraction of sp³-hybridized carbons (Fsp3) is 0.385. The highest BCUT2D eigenvalue weighted by Gasteiger charge is 2.32. The molecular formula is C13H15FN2O3. The molecular weight excluding hydrogens is 251 g/mol. The predicted molar refractivity (Wildman–Crippen MR) is 67.2 cm³/mol. The van der Waals surface area contributed by atoms with Gasteiger partial charge in [-0.1, -0.05) is 0 Å². The molecule has 1 heterocycles. The molecule has 2 rings (SSSR count). The first-order valence-electron chi connectivity index (χ1n) is 5.98. The average molecular weight is 266 g/mol.